The van der Waals surface area contributed by atoms with Gasteiger partial charge in [-0.15, -0.1) is 0 Å². The number of benzene rings is 6. The first-order valence-electron chi connectivity index (χ1n) is 15.2. The van der Waals surface area contributed by atoms with Gasteiger partial charge in [0.25, 0.3) is 0 Å². The van der Waals surface area contributed by atoms with Crippen molar-refractivity contribution in [2.45, 2.75) is 0 Å². The Morgan fingerprint density at radius 3 is 0.917 bits per heavy atom. The third kappa shape index (κ3) is 5.17. The number of phenolic OH excluding ortho intramolecular Hbond substituents is 4. The highest BCUT2D eigenvalue weighted by Crippen LogP contribution is 2.40. The van der Waals surface area contributed by atoms with Crippen LogP contribution in [0.2, 0.25) is 0 Å². The Bertz CT molecular complexity index is 2360. The van der Waals surface area contributed by atoms with E-state index in [2.05, 4.69) is 0 Å². The number of hydrogen-bond acceptors (Lipinski definition) is 8. The minimum absolute atomic E-state index is 0.0934. The second-order valence-corrected chi connectivity index (χ2v) is 11.4. The van der Waals surface area contributed by atoms with E-state index in [0.29, 0.717) is 67.1 Å². The minimum Gasteiger partial charge on any atom is -0.508 e. The molecule has 0 fully saturated rings. The summed E-state index contributed by atoms with van der Waals surface area (Å²) in [4.78, 5) is 20.5. The van der Waals surface area contributed by atoms with Crippen LogP contribution in [0.25, 0.3) is 78.2 Å². The standard InChI is InChI=1S/C40H26N4O4/c45-27-11-1-7-23(19-27)35-37(25-9-3-13-29(47)21-25)43-39-31(15-5-17-33(39)41-35)32-16-6-18-34-40(32)44-38(26-10-4-14-30(48)22-26)36(42-34)24-8-2-12-28(46)20-24/h1-22,45-48H. The molecule has 230 valence electrons. The fourth-order valence-electron chi connectivity index (χ4n) is 6.01. The van der Waals surface area contributed by atoms with Crippen LogP contribution in [0, 0.1) is 0 Å². The van der Waals surface area contributed by atoms with Crippen molar-refractivity contribution in [2.24, 2.45) is 0 Å². The first-order valence-corrected chi connectivity index (χ1v) is 15.2. The number of rotatable bonds is 5. The average Bonchev–Trinajstić information content (AvgIpc) is 3.10. The van der Waals surface area contributed by atoms with E-state index >= 15 is 0 Å². The molecule has 8 nitrogen and oxygen atoms in total. The molecule has 0 bridgehead atoms. The maximum Gasteiger partial charge on any atom is 0.116 e. The molecule has 2 heterocycles. The van der Waals surface area contributed by atoms with Gasteiger partial charge < -0.3 is 20.4 Å². The molecule has 0 amide bonds. The van der Waals surface area contributed by atoms with Gasteiger partial charge in [0.1, 0.15) is 23.0 Å². The summed E-state index contributed by atoms with van der Waals surface area (Å²) < 4.78 is 0. The van der Waals surface area contributed by atoms with Gasteiger partial charge in [-0.1, -0.05) is 72.8 Å². The van der Waals surface area contributed by atoms with Crippen LogP contribution in [0.15, 0.2) is 133 Å². The van der Waals surface area contributed by atoms with Crippen LogP contribution < -0.4 is 0 Å². The molecule has 0 aliphatic rings. The van der Waals surface area contributed by atoms with E-state index in [0.717, 1.165) is 11.1 Å². The zero-order valence-electron chi connectivity index (χ0n) is 25.3. The molecule has 48 heavy (non-hydrogen) atoms. The van der Waals surface area contributed by atoms with Gasteiger partial charge in [-0.05, 0) is 60.7 Å². The van der Waals surface area contributed by atoms with E-state index in [1.54, 1.807) is 72.8 Å². The topological polar surface area (TPSA) is 132 Å². The van der Waals surface area contributed by atoms with Crippen LogP contribution in [0.1, 0.15) is 0 Å². The number of fused-ring (bicyclic) bond motifs is 2. The smallest absolute Gasteiger partial charge is 0.116 e. The Balaban J connectivity index is 1.41. The molecule has 8 aromatic rings. The van der Waals surface area contributed by atoms with Crippen LogP contribution in [-0.4, -0.2) is 40.4 Å². The maximum absolute atomic E-state index is 10.4. The monoisotopic (exact) mass is 626 g/mol. The molecule has 0 spiro atoms. The van der Waals surface area contributed by atoms with Crippen molar-refractivity contribution < 1.29 is 20.4 Å². The van der Waals surface area contributed by atoms with Gasteiger partial charge in [0, 0.05) is 33.4 Å². The van der Waals surface area contributed by atoms with E-state index < -0.39 is 0 Å². The van der Waals surface area contributed by atoms with Crippen LogP contribution in [0.3, 0.4) is 0 Å². The van der Waals surface area contributed by atoms with Crippen LogP contribution in [0.4, 0.5) is 0 Å². The Morgan fingerprint density at radius 2 is 0.604 bits per heavy atom. The van der Waals surface area contributed by atoms with Crippen molar-refractivity contribution in [2.75, 3.05) is 0 Å². The molecule has 0 saturated heterocycles. The number of aromatic hydroxyl groups is 4. The first-order chi connectivity index (χ1) is 23.4. The summed E-state index contributed by atoms with van der Waals surface area (Å²) in [6, 6.07) is 38.9. The van der Waals surface area contributed by atoms with Gasteiger partial charge in [0.05, 0.1) is 44.8 Å². The lowest BCUT2D eigenvalue weighted by Crippen LogP contribution is -1.99. The lowest BCUT2D eigenvalue weighted by molar-refractivity contribution is 0.475. The molecule has 0 aliphatic heterocycles. The fraction of sp³-hybridized carbons (Fsp3) is 0. The van der Waals surface area contributed by atoms with Crippen molar-refractivity contribution in [1.29, 1.82) is 0 Å². The quantitative estimate of drug-likeness (QED) is 0.149. The molecule has 0 atom stereocenters. The molecule has 8 heteroatoms. The first kappa shape index (κ1) is 28.7. The molecule has 0 aliphatic carbocycles. The summed E-state index contributed by atoms with van der Waals surface area (Å²) in [6.07, 6.45) is 0. The third-order valence-corrected chi connectivity index (χ3v) is 8.16. The van der Waals surface area contributed by atoms with Gasteiger partial charge >= 0.3 is 0 Å². The Morgan fingerprint density at radius 1 is 0.312 bits per heavy atom. The highest BCUT2D eigenvalue weighted by molar-refractivity contribution is 6.03. The van der Waals surface area contributed by atoms with Crippen molar-refractivity contribution >= 4 is 22.1 Å². The second-order valence-electron chi connectivity index (χ2n) is 11.4. The van der Waals surface area contributed by atoms with E-state index in [1.807, 2.05) is 60.7 Å². The van der Waals surface area contributed by atoms with E-state index in [-0.39, 0.29) is 23.0 Å². The molecule has 4 N–H and O–H groups in total. The van der Waals surface area contributed by atoms with Crippen molar-refractivity contribution in [3.8, 4) is 79.2 Å². The Labute approximate surface area is 274 Å². The predicted molar refractivity (Wildman–Crippen MR) is 186 cm³/mol. The van der Waals surface area contributed by atoms with E-state index in [9.17, 15) is 20.4 Å². The number of para-hydroxylation sites is 2. The van der Waals surface area contributed by atoms with Crippen molar-refractivity contribution in [1.82, 2.24) is 19.9 Å². The highest BCUT2D eigenvalue weighted by atomic mass is 16.3. The summed E-state index contributed by atoms with van der Waals surface area (Å²) in [5.41, 5.74) is 8.91. The molecule has 0 radical (unpaired) electrons. The third-order valence-electron chi connectivity index (χ3n) is 8.16. The predicted octanol–water partition coefficient (Wildman–Crippen LogP) is 8.73. The van der Waals surface area contributed by atoms with Crippen LogP contribution >= 0.6 is 0 Å². The normalized spacial score (nSPS) is 11.2. The zero-order valence-corrected chi connectivity index (χ0v) is 25.3. The van der Waals surface area contributed by atoms with Gasteiger partial charge in [-0.25, -0.2) is 19.9 Å². The van der Waals surface area contributed by atoms with Crippen molar-refractivity contribution in [3.05, 3.63) is 133 Å². The van der Waals surface area contributed by atoms with E-state index in [1.165, 1.54) is 0 Å². The number of aromatic nitrogens is 4. The summed E-state index contributed by atoms with van der Waals surface area (Å²) in [7, 11) is 0. The van der Waals surface area contributed by atoms with Crippen molar-refractivity contribution in [3.63, 3.8) is 0 Å². The molecule has 0 saturated carbocycles. The largest absolute Gasteiger partial charge is 0.508 e. The average molecular weight is 627 g/mol. The molecular formula is C40H26N4O4. The second kappa shape index (κ2) is 11.5. The lowest BCUT2D eigenvalue weighted by Gasteiger charge is -2.15. The van der Waals surface area contributed by atoms with Gasteiger partial charge in [0.2, 0.25) is 0 Å². The summed E-state index contributed by atoms with van der Waals surface area (Å²) in [5.74, 6) is 0.394. The lowest BCUT2D eigenvalue weighted by atomic mass is 9.98. The van der Waals surface area contributed by atoms with Crippen LogP contribution in [-0.2, 0) is 0 Å². The van der Waals surface area contributed by atoms with Gasteiger partial charge in [-0.2, -0.15) is 0 Å². The number of phenols is 4. The fourth-order valence-corrected chi connectivity index (χ4v) is 6.01. The minimum atomic E-state index is 0.0934. The molecule has 8 rings (SSSR count). The number of nitrogens with zero attached hydrogens (tertiary/aromatic N) is 4. The zero-order chi connectivity index (χ0) is 32.8. The Hall–Kier alpha value is -6.80. The summed E-state index contributed by atoms with van der Waals surface area (Å²) in [5, 5.41) is 41.3. The maximum atomic E-state index is 10.4. The summed E-state index contributed by atoms with van der Waals surface area (Å²) >= 11 is 0. The summed E-state index contributed by atoms with van der Waals surface area (Å²) in [6.45, 7) is 0. The van der Waals surface area contributed by atoms with E-state index in [4.69, 9.17) is 19.9 Å². The molecule has 6 aromatic carbocycles. The van der Waals surface area contributed by atoms with Gasteiger partial charge in [-0.3, -0.25) is 0 Å². The molecular weight excluding hydrogens is 600 g/mol. The molecule has 0 unspecified atom stereocenters. The van der Waals surface area contributed by atoms with Crippen LogP contribution in [0.5, 0.6) is 23.0 Å². The SMILES string of the molecule is Oc1cccc(-c2nc3cccc(-c4cccc5nc(-c6cccc(O)c6)c(-c6cccc(O)c6)nc45)c3nc2-c2cccc(O)c2)c1. The molecule has 2 aromatic heterocycles. The van der Waals surface area contributed by atoms with Gasteiger partial charge in [0.15, 0.2) is 0 Å². The Kier molecular flexibility index (Phi) is 6.88. The number of hydrogen-bond donors (Lipinski definition) is 4. The highest BCUT2D eigenvalue weighted by Gasteiger charge is 2.20.